The number of carbonyl (C=O) groups excluding carboxylic acids is 1. The number of hydrogen-bond acceptors (Lipinski definition) is 4. The summed E-state index contributed by atoms with van der Waals surface area (Å²) in [6.07, 6.45) is 3.65. The Morgan fingerprint density at radius 1 is 1.48 bits per heavy atom. The standard InChI is InChI=1S/C15H20N4OS/c1-9-15(16)10(2)19(18-9)8-14(20)17-7-12-6-11-4-3-5-13(11)21-12/h6H,3-5,7-8,16H2,1-2H3,(H,17,20). The van der Waals surface area contributed by atoms with Gasteiger partial charge in [-0.25, -0.2) is 0 Å². The maximum Gasteiger partial charge on any atom is 0.242 e. The van der Waals surface area contributed by atoms with Gasteiger partial charge in [0, 0.05) is 9.75 Å². The molecule has 1 amide bonds. The molecule has 0 aromatic carbocycles. The van der Waals surface area contributed by atoms with Crippen LogP contribution in [0.25, 0.3) is 0 Å². The van der Waals surface area contributed by atoms with Crippen LogP contribution in [0.15, 0.2) is 6.07 Å². The molecule has 2 aromatic heterocycles. The van der Waals surface area contributed by atoms with E-state index in [0.29, 0.717) is 12.2 Å². The SMILES string of the molecule is Cc1nn(CC(=O)NCc2cc3c(s2)CCC3)c(C)c1N. The van der Waals surface area contributed by atoms with Gasteiger partial charge in [0.1, 0.15) is 6.54 Å². The highest BCUT2D eigenvalue weighted by Gasteiger charge is 2.15. The van der Waals surface area contributed by atoms with Crippen molar-refractivity contribution >= 4 is 22.9 Å². The summed E-state index contributed by atoms with van der Waals surface area (Å²) < 4.78 is 1.66. The average molecular weight is 304 g/mol. The second kappa shape index (κ2) is 5.52. The molecule has 0 fully saturated rings. The van der Waals surface area contributed by atoms with Gasteiger partial charge in [-0.15, -0.1) is 11.3 Å². The number of nitrogens with one attached hydrogen (secondary N) is 1. The van der Waals surface area contributed by atoms with E-state index in [1.165, 1.54) is 34.6 Å². The third kappa shape index (κ3) is 2.81. The summed E-state index contributed by atoms with van der Waals surface area (Å²) in [5.74, 6) is -0.0332. The molecule has 3 N–H and O–H groups in total. The number of nitrogens with two attached hydrogens (primary N) is 1. The lowest BCUT2D eigenvalue weighted by atomic mass is 10.2. The number of nitrogens with zero attached hydrogens (tertiary/aromatic N) is 2. The maximum atomic E-state index is 12.0. The fraction of sp³-hybridized carbons (Fsp3) is 0.467. The van der Waals surface area contributed by atoms with Gasteiger partial charge in [-0.1, -0.05) is 0 Å². The van der Waals surface area contributed by atoms with Crippen LogP contribution >= 0.6 is 11.3 Å². The minimum Gasteiger partial charge on any atom is -0.396 e. The highest BCUT2D eigenvalue weighted by molar-refractivity contribution is 7.12. The molecular formula is C15H20N4OS. The normalized spacial score (nSPS) is 13.4. The molecule has 0 atom stereocenters. The van der Waals surface area contributed by atoms with E-state index >= 15 is 0 Å². The van der Waals surface area contributed by atoms with Crippen LogP contribution in [0.4, 0.5) is 5.69 Å². The van der Waals surface area contributed by atoms with E-state index < -0.39 is 0 Å². The van der Waals surface area contributed by atoms with Crippen molar-refractivity contribution < 1.29 is 4.79 Å². The summed E-state index contributed by atoms with van der Waals surface area (Å²) in [5, 5.41) is 7.24. The lowest BCUT2D eigenvalue weighted by Gasteiger charge is -2.06. The van der Waals surface area contributed by atoms with Crippen LogP contribution in [-0.4, -0.2) is 15.7 Å². The molecular weight excluding hydrogens is 284 g/mol. The second-order valence-electron chi connectivity index (χ2n) is 5.53. The maximum absolute atomic E-state index is 12.0. The number of fused-ring (bicyclic) bond motifs is 1. The molecule has 5 nitrogen and oxygen atoms in total. The van der Waals surface area contributed by atoms with Crippen LogP contribution < -0.4 is 11.1 Å². The van der Waals surface area contributed by atoms with Crippen molar-refractivity contribution in [1.82, 2.24) is 15.1 Å². The number of carbonyl (C=O) groups is 1. The van der Waals surface area contributed by atoms with E-state index in [4.69, 9.17) is 5.73 Å². The molecule has 6 heteroatoms. The van der Waals surface area contributed by atoms with Crippen LogP contribution in [0.5, 0.6) is 0 Å². The Bertz CT molecular complexity index is 665. The van der Waals surface area contributed by atoms with Gasteiger partial charge in [0.15, 0.2) is 0 Å². The molecule has 21 heavy (non-hydrogen) atoms. The summed E-state index contributed by atoms with van der Waals surface area (Å²) in [5.41, 5.74) is 9.62. The molecule has 0 bridgehead atoms. The quantitative estimate of drug-likeness (QED) is 0.907. The number of amides is 1. The highest BCUT2D eigenvalue weighted by atomic mass is 32.1. The van der Waals surface area contributed by atoms with Crippen molar-refractivity contribution in [3.63, 3.8) is 0 Å². The first-order chi connectivity index (χ1) is 10.0. The van der Waals surface area contributed by atoms with Crippen LogP contribution in [0.1, 0.15) is 33.1 Å². The monoisotopic (exact) mass is 304 g/mol. The molecule has 0 saturated carbocycles. The highest BCUT2D eigenvalue weighted by Crippen LogP contribution is 2.30. The molecule has 0 radical (unpaired) electrons. The van der Waals surface area contributed by atoms with Crippen molar-refractivity contribution in [3.8, 4) is 0 Å². The number of aryl methyl sites for hydroxylation is 3. The van der Waals surface area contributed by atoms with E-state index in [1.54, 1.807) is 4.68 Å². The van der Waals surface area contributed by atoms with Gasteiger partial charge >= 0.3 is 0 Å². The Balaban J connectivity index is 1.57. The Kier molecular flexibility index (Phi) is 3.71. The van der Waals surface area contributed by atoms with Crippen LogP contribution in [0, 0.1) is 13.8 Å². The Hall–Kier alpha value is -1.82. The Labute approximate surface area is 128 Å². The molecule has 1 aliphatic carbocycles. The fourth-order valence-electron chi connectivity index (χ4n) is 2.72. The second-order valence-corrected chi connectivity index (χ2v) is 6.75. The predicted molar refractivity (Wildman–Crippen MR) is 84.3 cm³/mol. The first-order valence-electron chi connectivity index (χ1n) is 7.21. The molecule has 112 valence electrons. The van der Waals surface area contributed by atoms with Crippen molar-refractivity contribution in [2.75, 3.05) is 5.73 Å². The molecule has 2 aromatic rings. The van der Waals surface area contributed by atoms with Gasteiger partial charge in [-0.2, -0.15) is 5.10 Å². The van der Waals surface area contributed by atoms with E-state index in [-0.39, 0.29) is 12.5 Å². The Morgan fingerprint density at radius 2 is 2.29 bits per heavy atom. The lowest BCUT2D eigenvalue weighted by Crippen LogP contribution is -2.27. The fourth-order valence-corrected chi connectivity index (χ4v) is 3.92. The molecule has 0 spiro atoms. The number of thiophene rings is 1. The van der Waals surface area contributed by atoms with Crippen molar-refractivity contribution in [2.45, 2.75) is 46.2 Å². The third-order valence-electron chi connectivity index (χ3n) is 3.99. The molecule has 2 heterocycles. The van der Waals surface area contributed by atoms with Crippen LogP contribution in [0.2, 0.25) is 0 Å². The average Bonchev–Trinajstić information content (AvgIpc) is 3.08. The van der Waals surface area contributed by atoms with Gasteiger partial charge in [0.05, 0.1) is 23.6 Å². The summed E-state index contributed by atoms with van der Waals surface area (Å²) in [6.45, 7) is 4.55. The van der Waals surface area contributed by atoms with Gasteiger partial charge < -0.3 is 11.1 Å². The first-order valence-corrected chi connectivity index (χ1v) is 8.03. The van der Waals surface area contributed by atoms with Gasteiger partial charge in [-0.05, 0) is 44.7 Å². The van der Waals surface area contributed by atoms with Gasteiger partial charge in [-0.3, -0.25) is 9.48 Å². The minimum absolute atomic E-state index is 0.0332. The third-order valence-corrected chi connectivity index (χ3v) is 5.23. The van der Waals surface area contributed by atoms with Crippen molar-refractivity contribution in [2.24, 2.45) is 0 Å². The summed E-state index contributed by atoms with van der Waals surface area (Å²) in [4.78, 5) is 14.8. The van der Waals surface area contributed by atoms with E-state index in [2.05, 4.69) is 16.5 Å². The van der Waals surface area contributed by atoms with Crippen LogP contribution in [-0.2, 0) is 30.7 Å². The number of anilines is 1. The smallest absolute Gasteiger partial charge is 0.242 e. The first kappa shape index (κ1) is 14.1. The summed E-state index contributed by atoms with van der Waals surface area (Å²) in [7, 11) is 0. The topological polar surface area (TPSA) is 72.9 Å². The molecule has 0 unspecified atom stereocenters. The number of hydrogen-bond donors (Lipinski definition) is 2. The summed E-state index contributed by atoms with van der Waals surface area (Å²) in [6, 6.07) is 2.23. The molecule has 3 rings (SSSR count). The van der Waals surface area contributed by atoms with E-state index in [9.17, 15) is 4.79 Å². The van der Waals surface area contributed by atoms with E-state index in [0.717, 1.165) is 11.4 Å². The van der Waals surface area contributed by atoms with Gasteiger partial charge in [0.25, 0.3) is 0 Å². The zero-order chi connectivity index (χ0) is 15.0. The zero-order valence-electron chi connectivity index (χ0n) is 12.4. The minimum atomic E-state index is -0.0332. The summed E-state index contributed by atoms with van der Waals surface area (Å²) >= 11 is 1.82. The van der Waals surface area contributed by atoms with Crippen LogP contribution in [0.3, 0.4) is 0 Å². The van der Waals surface area contributed by atoms with Gasteiger partial charge in [0.2, 0.25) is 5.91 Å². The Morgan fingerprint density at radius 3 is 2.95 bits per heavy atom. The van der Waals surface area contributed by atoms with E-state index in [1.807, 2.05) is 25.2 Å². The largest absolute Gasteiger partial charge is 0.396 e. The zero-order valence-corrected chi connectivity index (χ0v) is 13.2. The number of nitrogen functional groups attached to an aromatic ring is 1. The molecule has 1 aliphatic rings. The predicted octanol–water partition coefficient (Wildman–Crippen LogP) is 1.95. The molecule has 0 aliphatic heterocycles. The van der Waals surface area contributed by atoms with Crippen molar-refractivity contribution in [3.05, 3.63) is 32.8 Å². The molecule has 0 saturated heterocycles. The number of rotatable bonds is 4. The number of aromatic nitrogens is 2. The lowest BCUT2D eigenvalue weighted by molar-refractivity contribution is -0.122. The van der Waals surface area contributed by atoms with Crippen molar-refractivity contribution in [1.29, 1.82) is 0 Å².